The Bertz CT molecular complexity index is 804. The minimum Gasteiger partial charge on any atom is -0.872 e. The van der Waals surface area contributed by atoms with Crippen LogP contribution in [0.25, 0.3) is 10.8 Å². The molecule has 0 bridgehead atoms. The Kier molecular flexibility index (Phi) is 5.40. The maximum atomic E-state index is 11.8. The Hall–Kier alpha value is -1.12. The number of amides is 1. The Balaban J connectivity index is 0.00000220. The second-order valence-corrected chi connectivity index (χ2v) is 5.80. The molecule has 8 heteroatoms. The maximum absolute atomic E-state index is 11.8. The van der Waals surface area contributed by atoms with Crippen LogP contribution < -0.4 is 39.6 Å². The van der Waals surface area contributed by atoms with Gasteiger partial charge in [0, 0.05) is 19.7 Å². The number of hydrogen-bond donors (Lipinski definition) is 1. The molecule has 1 N–H and O–H groups in total. The number of carbonyl (C=O) groups excluding carboxylic acids is 1. The van der Waals surface area contributed by atoms with Gasteiger partial charge in [-0.15, -0.1) is 0 Å². The molecular formula is C13H12NNaO5S. The summed E-state index contributed by atoms with van der Waals surface area (Å²) in [4.78, 5) is 12.2. The quantitative estimate of drug-likeness (QED) is 0.518. The molecule has 0 heterocycles. The standard InChI is InChI=1S/C13H13NO5S.Na/c1-8(15)14(2)10-3-4-12-9(5-10)6-11(7-13(12)16)20(17,18)19;/h3-7,16H,1-2H3,(H,17,18,19);/q;+1/p-1. The van der Waals surface area contributed by atoms with Gasteiger partial charge < -0.3 is 10.0 Å². The van der Waals surface area contributed by atoms with Gasteiger partial charge in [0.05, 0.1) is 4.90 Å². The molecule has 6 nitrogen and oxygen atoms in total. The zero-order valence-corrected chi connectivity index (χ0v) is 14.6. The van der Waals surface area contributed by atoms with Crippen molar-refractivity contribution < 1.29 is 52.4 Å². The first-order valence-electron chi connectivity index (χ1n) is 5.67. The summed E-state index contributed by atoms with van der Waals surface area (Å²) >= 11 is 0. The van der Waals surface area contributed by atoms with Gasteiger partial charge in [-0.25, -0.2) is 0 Å². The number of carbonyl (C=O) groups is 1. The number of nitrogens with zero attached hydrogens (tertiary/aromatic N) is 1. The van der Waals surface area contributed by atoms with Crippen molar-refractivity contribution in [3.63, 3.8) is 0 Å². The van der Waals surface area contributed by atoms with Crippen molar-refractivity contribution in [2.45, 2.75) is 11.8 Å². The summed E-state index contributed by atoms with van der Waals surface area (Å²) in [5.41, 5.74) is 0.525. The third kappa shape index (κ3) is 3.75. The third-order valence-electron chi connectivity index (χ3n) is 3.03. The van der Waals surface area contributed by atoms with Crippen LogP contribution in [0.2, 0.25) is 0 Å². The normalized spacial score (nSPS) is 11.0. The summed E-state index contributed by atoms with van der Waals surface area (Å²) in [6, 6.07) is 6.70. The van der Waals surface area contributed by atoms with Crippen LogP contribution in [0.1, 0.15) is 6.92 Å². The molecule has 2 rings (SSSR count). The Morgan fingerprint density at radius 1 is 1.24 bits per heavy atom. The van der Waals surface area contributed by atoms with E-state index in [9.17, 15) is 18.3 Å². The molecule has 21 heavy (non-hydrogen) atoms. The number of rotatable bonds is 2. The Labute approximate surface area is 144 Å². The van der Waals surface area contributed by atoms with Crippen LogP contribution in [0, 0.1) is 0 Å². The van der Waals surface area contributed by atoms with Crippen molar-refractivity contribution in [1.29, 1.82) is 0 Å². The van der Waals surface area contributed by atoms with Crippen LogP contribution in [0.3, 0.4) is 0 Å². The fourth-order valence-electron chi connectivity index (χ4n) is 1.84. The van der Waals surface area contributed by atoms with Crippen molar-refractivity contribution in [3.8, 4) is 5.75 Å². The second-order valence-electron chi connectivity index (χ2n) is 4.38. The van der Waals surface area contributed by atoms with Gasteiger partial charge in [-0.05, 0) is 35.0 Å². The SMILES string of the molecule is CC(=O)N(C)c1ccc2c([O-])cc(S(=O)(=O)O)cc2c1.[Na+]. The van der Waals surface area contributed by atoms with Crippen LogP contribution >= 0.6 is 0 Å². The minimum absolute atomic E-state index is 0. The largest absolute Gasteiger partial charge is 1.00 e. The molecule has 0 spiro atoms. The van der Waals surface area contributed by atoms with Gasteiger partial charge in [0.1, 0.15) is 0 Å². The molecule has 2 aromatic rings. The second kappa shape index (κ2) is 6.33. The Morgan fingerprint density at radius 2 is 1.86 bits per heavy atom. The minimum atomic E-state index is -4.45. The summed E-state index contributed by atoms with van der Waals surface area (Å²) in [6.45, 7) is 1.39. The van der Waals surface area contributed by atoms with E-state index in [-0.39, 0.29) is 35.5 Å². The van der Waals surface area contributed by atoms with Gasteiger partial charge in [-0.2, -0.15) is 8.42 Å². The molecular weight excluding hydrogens is 305 g/mol. The fraction of sp³-hybridized carbons (Fsp3) is 0.154. The molecule has 0 radical (unpaired) electrons. The molecule has 0 aliphatic rings. The smallest absolute Gasteiger partial charge is 0.872 e. The summed E-state index contributed by atoms with van der Waals surface area (Å²) in [5.74, 6) is -0.704. The molecule has 0 unspecified atom stereocenters. The first kappa shape index (κ1) is 17.9. The fourth-order valence-corrected chi connectivity index (χ4v) is 2.37. The van der Waals surface area contributed by atoms with E-state index in [1.807, 2.05) is 0 Å². The predicted octanol–water partition coefficient (Wildman–Crippen LogP) is -1.85. The first-order chi connectivity index (χ1) is 9.20. The molecule has 0 atom stereocenters. The average Bonchev–Trinajstić information content (AvgIpc) is 2.35. The van der Waals surface area contributed by atoms with E-state index in [0.29, 0.717) is 16.5 Å². The van der Waals surface area contributed by atoms with Crippen LogP contribution in [0.15, 0.2) is 35.2 Å². The van der Waals surface area contributed by atoms with E-state index in [4.69, 9.17) is 4.55 Å². The van der Waals surface area contributed by atoms with Crippen LogP contribution in [0.4, 0.5) is 5.69 Å². The van der Waals surface area contributed by atoms with Crippen molar-refractivity contribution in [3.05, 3.63) is 30.3 Å². The van der Waals surface area contributed by atoms with E-state index in [1.165, 1.54) is 30.0 Å². The van der Waals surface area contributed by atoms with Crippen LogP contribution in [0.5, 0.6) is 5.75 Å². The average molecular weight is 317 g/mol. The van der Waals surface area contributed by atoms with Gasteiger partial charge >= 0.3 is 29.6 Å². The van der Waals surface area contributed by atoms with Crippen molar-refractivity contribution >= 4 is 32.5 Å². The molecule has 0 aliphatic carbocycles. The molecule has 1 amide bonds. The number of anilines is 1. The summed E-state index contributed by atoms with van der Waals surface area (Å²) in [5, 5.41) is 12.5. The Morgan fingerprint density at radius 3 is 2.38 bits per heavy atom. The summed E-state index contributed by atoms with van der Waals surface area (Å²) < 4.78 is 31.2. The van der Waals surface area contributed by atoms with E-state index >= 15 is 0 Å². The first-order valence-corrected chi connectivity index (χ1v) is 7.11. The van der Waals surface area contributed by atoms with Crippen LogP contribution in [-0.4, -0.2) is 25.9 Å². The van der Waals surface area contributed by atoms with Gasteiger partial charge in [0.15, 0.2) is 0 Å². The number of hydrogen-bond acceptors (Lipinski definition) is 4. The van der Waals surface area contributed by atoms with Crippen molar-refractivity contribution in [1.82, 2.24) is 0 Å². The van der Waals surface area contributed by atoms with E-state index in [1.54, 1.807) is 13.1 Å². The number of benzene rings is 2. The van der Waals surface area contributed by atoms with Crippen molar-refractivity contribution in [2.24, 2.45) is 0 Å². The molecule has 0 saturated heterocycles. The molecule has 0 fully saturated rings. The van der Waals surface area contributed by atoms with Crippen molar-refractivity contribution in [2.75, 3.05) is 11.9 Å². The van der Waals surface area contributed by atoms with E-state index < -0.39 is 20.8 Å². The van der Waals surface area contributed by atoms with Gasteiger partial charge in [0.25, 0.3) is 10.1 Å². The molecule has 0 saturated carbocycles. The maximum Gasteiger partial charge on any atom is 1.00 e. The third-order valence-corrected chi connectivity index (χ3v) is 3.86. The summed E-state index contributed by atoms with van der Waals surface area (Å²) in [6.07, 6.45) is 0. The van der Waals surface area contributed by atoms with Gasteiger partial charge in [0.2, 0.25) is 5.91 Å². The molecule has 0 aromatic heterocycles. The van der Waals surface area contributed by atoms with Gasteiger partial charge in [-0.3, -0.25) is 9.35 Å². The van der Waals surface area contributed by atoms with Gasteiger partial charge in [-0.1, -0.05) is 11.8 Å². The predicted molar refractivity (Wildman–Crippen MR) is 72.3 cm³/mol. The number of fused-ring (bicyclic) bond motifs is 1. The molecule has 0 aliphatic heterocycles. The molecule has 106 valence electrons. The topological polar surface area (TPSA) is 97.7 Å². The zero-order valence-electron chi connectivity index (χ0n) is 11.8. The summed E-state index contributed by atoms with van der Waals surface area (Å²) in [7, 11) is -2.88. The zero-order chi connectivity index (χ0) is 15.1. The van der Waals surface area contributed by atoms with E-state index in [2.05, 4.69) is 0 Å². The van der Waals surface area contributed by atoms with E-state index in [0.717, 1.165) is 6.07 Å². The monoisotopic (exact) mass is 317 g/mol. The van der Waals surface area contributed by atoms with Crippen LogP contribution in [-0.2, 0) is 14.9 Å². The molecule has 2 aromatic carbocycles.